The summed E-state index contributed by atoms with van der Waals surface area (Å²) in [6.07, 6.45) is 4.45. The van der Waals surface area contributed by atoms with E-state index < -0.39 is 11.9 Å². The Labute approximate surface area is 138 Å². The quantitative estimate of drug-likeness (QED) is 0.743. The molecule has 0 fully saturated rings. The third-order valence-corrected chi connectivity index (χ3v) is 4.74. The molecule has 116 valence electrons. The second kappa shape index (κ2) is 6.18. The van der Waals surface area contributed by atoms with Crippen LogP contribution >= 0.6 is 22.9 Å². The highest BCUT2D eigenvalue weighted by Gasteiger charge is 2.23. The maximum Gasteiger partial charge on any atom is 0.339 e. The molecule has 0 aliphatic heterocycles. The largest absolute Gasteiger partial charge is 0.478 e. The van der Waals surface area contributed by atoms with E-state index in [-0.39, 0.29) is 11.3 Å². The Morgan fingerprint density at radius 3 is 2.74 bits per heavy atom. The molecule has 0 aliphatic rings. The van der Waals surface area contributed by atoms with E-state index in [1.807, 2.05) is 0 Å². The van der Waals surface area contributed by atoms with Gasteiger partial charge in [0.15, 0.2) is 0 Å². The minimum absolute atomic E-state index is 0.0148. The van der Waals surface area contributed by atoms with E-state index in [9.17, 15) is 14.7 Å². The van der Waals surface area contributed by atoms with Crippen LogP contribution in [-0.4, -0.2) is 36.5 Å². The van der Waals surface area contributed by atoms with Gasteiger partial charge in [-0.15, -0.1) is 16.4 Å². The van der Waals surface area contributed by atoms with Crippen molar-refractivity contribution in [2.75, 3.05) is 5.32 Å². The standard InChI is InChI=1S/C13H9N5O3S2/c1-6-10(23-18-17-6)12(19)16-8-5-22-11(9(8)13(20)21)7-4-14-2-3-15-7/h2-5H,1H3,(H,16,19)(H,20,21). The molecule has 0 saturated carbocycles. The molecule has 3 aromatic heterocycles. The van der Waals surface area contributed by atoms with Crippen LogP contribution in [-0.2, 0) is 0 Å². The number of anilines is 1. The van der Waals surface area contributed by atoms with Crippen molar-refractivity contribution < 1.29 is 14.7 Å². The van der Waals surface area contributed by atoms with Gasteiger partial charge in [-0.3, -0.25) is 14.8 Å². The second-order valence-electron chi connectivity index (χ2n) is 4.39. The molecular weight excluding hydrogens is 338 g/mol. The van der Waals surface area contributed by atoms with E-state index >= 15 is 0 Å². The fraction of sp³-hybridized carbons (Fsp3) is 0.0769. The number of carboxylic acids is 1. The van der Waals surface area contributed by atoms with Gasteiger partial charge < -0.3 is 10.4 Å². The van der Waals surface area contributed by atoms with Gasteiger partial charge in [-0.1, -0.05) is 4.49 Å². The number of thiophene rings is 1. The van der Waals surface area contributed by atoms with Crippen LogP contribution in [0.15, 0.2) is 24.0 Å². The predicted octanol–water partition coefficient (Wildman–Crippen LogP) is 2.32. The van der Waals surface area contributed by atoms with Crippen LogP contribution < -0.4 is 5.32 Å². The summed E-state index contributed by atoms with van der Waals surface area (Å²) < 4.78 is 3.69. The molecule has 2 N–H and O–H groups in total. The van der Waals surface area contributed by atoms with Gasteiger partial charge in [-0.25, -0.2) is 4.79 Å². The molecule has 0 saturated heterocycles. The van der Waals surface area contributed by atoms with Crippen molar-refractivity contribution in [1.82, 2.24) is 19.6 Å². The average Bonchev–Trinajstić information content (AvgIpc) is 3.14. The fourth-order valence-corrected chi connectivity index (χ4v) is 3.39. The van der Waals surface area contributed by atoms with Crippen molar-refractivity contribution in [3.63, 3.8) is 0 Å². The Morgan fingerprint density at radius 2 is 2.13 bits per heavy atom. The normalized spacial score (nSPS) is 10.5. The van der Waals surface area contributed by atoms with Crippen molar-refractivity contribution in [2.45, 2.75) is 6.92 Å². The van der Waals surface area contributed by atoms with E-state index in [0.29, 0.717) is 21.1 Å². The van der Waals surface area contributed by atoms with Crippen LogP contribution in [0, 0.1) is 6.92 Å². The van der Waals surface area contributed by atoms with Crippen molar-refractivity contribution in [1.29, 1.82) is 0 Å². The van der Waals surface area contributed by atoms with Crippen LogP contribution in [0.25, 0.3) is 10.6 Å². The average molecular weight is 347 g/mol. The minimum atomic E-state index is -1.15. The first-order valence-corrected chi connectivity index (χ1v) is 7.94. The van der Waals surface area contributed by atoms with Crippen molar-refractivity contribution in [2.24, 2.45) is 0 Å². The Balaban J connectivity index is 1.98. The van der Waals surface area contributed by atoms with Crippen LogP contribution in [0.1, 0.15) is 25.7 Å². The molecule has 0 aliphatic carbocycles. The number of nitrogens with zero attached hydrogens (tertiary/aromatic N) is 4. The molecule has 3 aromatic rings. The zero-order valence-corrected chi connectivity index (χ0v) is 13.3. The Bertz CT molecular complexity index is 875. The van der Waals surface area contributed by atoms with Crippen molar-refractivity contribution in [3.8, 4) is 10.6 Å². The van der Waals surface area contributed by atoms with E-state index in [1.54, 1.807) is 12.3 Å². The molecule has 10 heteroatoms. The molecule has 0 atom stereocenters. The lowest BCUT2D eigenvalue weighted by Gasteiger charge is -2.04. The Kier molecular flexibility index (Phi) is 4.08. The molecule has 0 unspecified atom stereocenters. The van der Waals surface area contributed by atoms with Gasteiger partial charge in [0.05, 0.1) is 28.1 Å². The third-order valence-electron chi connectivity index (χ3n) is 2.91. The number of amides is 1. The van der Waals surface area contributed by atoms with E-state index in [1.165, 1.54) is 29.9 Å². The molecule has 0 radical (unpaired) electrons. The molecule has 3 heterocycles. The Hall–Kier alpha value is -2.72. The molecule has 3 rings (SSSR count). The maximum atomic E-state index is 12.2. The summed E-state index contributed by atoms with van der Waals surface area (Å²) in [5.74, 6) is -1.59. The van der Waals surface area contributed by atoms with E-state index in [4.69, 9.17) is 0 Å². The number of aromatic nitrogens is 4. The molecule has 0 aromatic carbocycles. The van der Waals surface area contributed by atoms with Crippen LogP contribution in [0.3, 0.4) is 0 Å². The monoisotopic (exact) mass is 347 g/mol. The van der Waals surface area contributed by atoms with Crippen LogP contribution in [0.5, 0.6) is 0 Å². The van der Waals surface area contributed by atoms with Gasteiger partial charge in [0.1, 0.15) is 10.4 Å². The predicted molar refractivity (Wildman–Crippen MR) is 84.9 cm³/mol. The smallest absolute Gasteiger partial charge is 0.339 e. The summed E-state index contributed by atoms with van der Waals surface area (Å²) in [4.78, 5) is 32.6. The number of carbonyl (C=O) groups is 2. The van der Waals surface area contributed by atoms with Gasteiger partial charge >= 0.3 is 5.97 Å². The lowest BCUT2D eigenvalue weighted by atomic mass is 10.2. The number of aryl methyl sites for hydroxylation is 1. The number of rotatable bonds is 4. The summed E-state index contributed by atoms with van der Waals surface area (Å²) >= 11 is 2.13. The molecule has 0 spiro atoms. The number of carboxylic acid groups (broad SMARTS) is 1. The molecule has 8 nitrogen and oxygen atoms in total. The van der Waals surface area contributed by atoms with Crippen LogP contribution in [0.4, 0.5) is 5.69 Å². The molecule has 0 bridgehead atoms. The lowest BCUT2D eigenvalue weighted by molar-refractivity contribution is 0.0699. The number of nitrogens with one attached hydrogen (secondary N) is 1. The minimum Gasteiger partial charge on any atom is -0.478 e. The molecular formula is C13H9N5O3S2. The number of aromatic carboxylic acids is 1. The summed E-state index contributed by atoms with van der Waals surface area (Å²) in [5.41, 5.74) is 1.12. The summed E-state index contributed by atoms with van der Waals surface area (Å²) in [6, 6.07) is 0. The summed E-state index contributed by atoms with van der Waals surface area (Å²) in [5, 5.41) is 17.4. The number of hydrogen-bond donors (Lipinski definition) is 2. The first-order chi connectivity index (χ1) is 11.1. The van der Waals surface area contributed by atoms with Gasteiger partial charge in [0, 0.05) is 17.8 Å². The Morgan fingerprint density at radius 1 is 1.30 bits per heavy atom. The zero-order valence-electron chi connectivity index (χ0n) is 11.7. The summed E-state index contributed by atoms with van der Waals surface area (Å²) in [6.45, 7) is 1.66. The van der Waals surface area contributed by atoms with Crippen molar-refractivity contribution in [3.05, 3.63) is 40.1 Å². The van der Waals surface area contributed by atoms with Gasteiger partial charge in [0.25, 0.3) is 5.91 Å². The molecule has 23 heavy (non-hydrogen) atoms. The highest BCUT2D eigenvalue weighted by atomic mass is 32.1. The number of hydrogen-bond acceptors (Lipinski definition) is 8. The maximum absolute atomic E-state index is 12.2. The fourth-order valence-electron chi connectivity index (χ4n) is 1.89. The SMILES string of the molecule is Cc1nnsc1C(=O)Nc1csc(-c2cnccn2)c1C(=O)O. The lowest BCUT2D eigenvalue weighted by Crippen LogP contribution is -2.13. The van der Waals surface area contributed by atoms with Gasteiger partial charge in [-0.2, -0.15) is 0 Å². The van der Waals surface area contributed by atoms with Gasteiger partial charge in [0.2, 0.25) is 0 Å². The summed E-state index contributed by atoms with van der Waals surface area (Å²) in [7, 11) is 0. The highest BCUT2D eigenvalue weighted by molar-refractivity contribution is 7.14. The topological polar surface area (TPSA) is 118 Å². The third kappa shape index (κ3) is 2.94. The van der Waals surface area contributed by atoms with Gasteiger partial charge in [-0.05, 0) is 18.5 Å². The number of carbonyl (C=O) groups excluding carboxylic acids is 1. The van der Waals surface area contributed by atoms with E-state index in [0.717, 1.165) is 11.5 Å². The first kappa shape index (κ1) is 15.2. The highest BCUT2D eigenvalue weighted by Crippen LogP contribution is 2.35. The van der Waals surface area contributed by atoms with Crippen LogP contribution in [0.2, 0.25) is 0 Å². The second-order valence-corrected chi connectivity index (χ2v) is 6.02. The van der Waals surface area contributed by atoms with Crippen molar-refractivity contribution >= 4 is 40.4 Å². The zero-order chi connectivity index (χ0) is 16.4. The van der Waals surface area contributed by atoms with E-state index in [2.05, 4.69) is 24.9 Å². The molecule has 1 amide bonds. The first-order valence-electron chi connectivity index (χ1n) is 6.29.